The molecule has 144 valence electrons. The number of nitrogens with one attached hydrogen (secondary N) is 1. The SMILES string of the molecule is Cc1cc(C)c(C(=O)c2ccc(Nc3cncc4ccccc34)cc2Cl)cc1C. The lowest BCUT2D eigenvalue weighted by atomic mass is 9.94. The Morgan fingerprint density at radius 2 is 1.62 bits per heavy atom. The van der Waals surface area contributed by atoms with Crippen LogP contribution >= 0.6 is 11.6 Å². The molecule has 1 heterocycles. The average molecular weight is 401 g/mol. The molecule has 0 radical (unpaired) electrons. The highest BCUT2D eigenvalue weighted by Gasteiger charge is 2.16. The van der Waals surface area contributed by atoms with Crippen molar-refractivity contribution in [2.45, 2.75) is 20.8 Å². The van der Waals surface area contributed by atoms with Crippen molar-refractivity contribution in [1.82, 2.24) is 4.98 Å². The van der Waals surface area contributed by atoms with Crippen LogP contribution < -0.4 is 5.32 Å². The standard InChI is InChI=1S/C25H21ClN2O/c1-15-10-17(3)22(11-16(15)2)25(29)21-9-8-19(12-23(21)26)28-24-14-27-13-18-6-4-5-7-20(18)24/h4-14,28H,1-3H3. The second-order valence-corrected chi connectivity index (χ2v) is 7.72. The van der Waals surface area contributed by atoms with Crippen LogP contribution in [0.2, 0.25) is 5.02 Å². The van der Waals surface area contributed by atoms with Crippen molar-refractivity contribution >= 4 is 39.5 Å². The molecule has 0 atom stereocenters. The summed E-state index contributed by atoms with van der Waals surface area (Å²) in [5.41, 5.74) is 6.11. The lowest BCUT2D eigenvalue weighted by Gasteiger charge is -2.13. The van der Waals surface area contributed by atoms with Gasteiger partial charge in [-0.3, -0.25) is 9.78 Å². The Kier molecular flexibility index (Phi) is 5.08. The second-order valence-electron chi connectivity index (χ2n) is 7.31. The van der Waals surface area contributed by atoms with Crippen LogP contribution in [0.5, 0.6) is 0 Å². The number of ketones is 1. The fraction of sp³-hybridized carbons (Fsp3) is 0.120. The lowest BCUT2D eigenvalue weighted by molar-refractivity contribution is 0.103. The summed E-state index contributed by atoms with van der Waals surface area (Å²) in [5, 5.41) is 5.92. The van der Waals surface area contributed by atoms with Crippen LogP contribution in [0.1, 0.15) is 32.6 Å². The number of carbonyl (C=O) groups is 1. The summed E-state index contributed by atoms with van der Waals surface area (Å²) in [4.78, 5) is 17.4. The monoisotopic (exact) mass is 400 g/mol. The van der Waals surface area contributed by atoms with E-state index in [2.05, 4.69) is 10.3 Å². The zero-order chi connectivity index (χ0) is 20.5. The van der Waals surface area contributed by atoms with E-state index in [4.69, 9.17) is 11.6 Å². The number of halogens is 1. The smallest absolute Gasteiger partial charge is 0.194 e. The highest BCUT2D eigenvalue weighted by Crippen LogP contribution is 2.29. The van der Waals surface area contributed by atoms with Gasteiger partial charge in [0.05, 0.1) is 16.9 Å². The number of pyridine rings is 1. The molecule has 1 N–H and O–H groups in total. The van der Waals surface area contributed by atoms with Gasteiger partial charge in [0.1, 0.15) is 0 Å². The summed E-state index contributed by atoms with van der Waals surface area (Å²) in [7, 11) is 0. The number of benzene rings is 3. The molecule has 0 saturated heterocycles. The minimum absolute atomic E-state index is 0.0611. The lowest BCUT2D eigenvalue weighted by Crippen LogP contribution is -2.06. The predicted molar refractivity (Wildman–Crippen MR) is 121 cm³/mol. The molecule has 0 aliphatic rings. The van der Waals surface area contributed by atoms with Crippen molar-refractivity contribution in [2.75, 3.05) is 5.32 Å². The summed E-state index contributed by atoms with van der Waals surface area (Å²) in [5.74, 6) is -0.0611. The van der Waals surface area contributed by atoms with E-state index in [0.29, 0.717) is 16.1 Å². The molecule has 0 unspecified atom stereocenters. The Bertz CT molecular complexity index is 1240. The van der Waals surface area contributed by atoms with Crippen molar-refractivity contribution < 1.29 is 4.79 Å². The van der Waals surface area contributed by atoms with Crippen molar-refractivity contribution in [3.8, 4) is 0 Å². The zero-order valence-corrected chi connectivity index (χ0v) is 17.3. The molecule has 0 aliphatic heterocycles. The second kappa shape index (κ2) is 7.69. The summed E-state index contributed by atoms with van der Waals surface area (Å²) >= 11 is 6.51. The van der Waals surface area contributed by atoms with E-state index in [1.165, 1.54) is 5.56 Å². The van der Waals surface area contributed by atoms with Crippen molar-refractivity contribution in [2.24, 2.45) is 0 Å². The molecular weight excluding hydrogens is 380 g/mol. The first kappa shape index (κ1) is 19.2. The van der Waals surface area contributed by atoms with Gasteiger partial charge < -0.3 is 5.32 Å². The van der Waals surface area contributed by atoms with E-state index in [-0.39, 0.29) is 5.78 Å². The van der Waals surface area contributed by atoms with E-state index >= 15 is 0 Å². The third-order valence-electron chi connectivity index (χ3n) is 5.25. The molecule has 0 amide bonds. The molecule has 3 aromatic carbocycles. The third-order valence-corrected chi connectivity index (χ3v) is 5.56. The Morgan fingerprint density at radius 1 is 0.862 bits per heavy atom. The molecule has 0 aliphatic carbocycles. The highest BCUT2D eigenvalue weighted by molar-refractivity contribution is 6.35. The van der Waals surface area contributed by atoms with Crippen molar-refractivity contribution in [1.29, 1.82) is 0 Å². The number of hydrogen-bond donors (Lipinski definition) is 1. The molecule has 0 fully saturated rings. The van der Waals surface area contributed by atoms with Gasteiger partial charge in [-0.1, -0.05) is 41.9 Å². The average Bonchev–Trinajstić information content (AvgIpc) is 2.71. The summed E-state index contributed by atoms with van der Waals surface area (Å²) in [6.07, 6.45) is 3.62. The molecule has 4 rings (SSSR count). The fourth-order valence-electron chi connectivity index (χ4n) is 3.50. The van der Waals surface area contributed by atoms with Gasteiger partial charge >= 0.3 is 0 Å². The quantitative estimate of drug-likeness (QED) is 0.383. The van der Waals surface area contributed by atoms with Gasteiger partial charge in [0.25, 0.3) is 0 Å². The predicted octanol–water partition coefficient (Wildman–Crippen LogP) is 6.79. The van der Waals surface area contributed by atoms with Gasteiger partial charge in [-0.2, -0.15) is 0 Å². The minimum atomic E-state index is -0.0611. The highest BCUT2D eigenvalue weighted by atomic mass is 35.5. The number of aryl methyl sites for hydroxylation is 3. The van der Waals surface area contributed by atoms with Gasteiger partial charge in [-0.15, -0.1) is 0 Å². The minimum Gasteiger partial charge on any atom is -0.354 e. The number of hydrogen-bond acceptors (Lipinski definition) is 3. The van der Waals surface area contributed by atoms with E-state index in [1.807, 2.05) is 69.4 Å². The van der Waals surface area contributed by atoms with Crippen LogP contribution in [-0.2, 0) is 0 Å². The van der Waals surface area contributed by atoms with E-state index in [0.717, 1.165) is 33.3 Å². The first-order chi connectivity index (χ1) is 13.9. The summed E-state index contributed by atoms with van der Waals surface area (Å²) in [6.45, 7) is 6.02. The third kappa shape index (κ3) is 3.74. The van der Waals surface area contributed by atoms with Crippen molar-refractivity contribution in [3.05, 3.63) is 99.8 Å². The Balaban J connectivity index is 1.66. The Labute approximate surface area is 175 Å². The van der Waals surface area contributed by atoms with Crippen LogP contribution in [0.25, 0.3) is 10.8 Å². The summed E-state index contributed by atoms with van der Waals surface area (Å²) in [6, 6.07) is 17.5. The van der Waals surface area contributed by atoms with Gasteiger partial charge in [0.15, 0.2) is 5.78 Å². The molecule has 4 heteroatoms. The first-order valence-electron chi connectivity index (χ1n) is 9.46. The molecule has 1 aromatic heterocycles. The number of anilines is 2. The number of rotatable bonds is 4. The number of nitrogens with zero attached hydrogens (tertiary/aromatic N) is 1. The van der Waals surface area contributed by atoms with Gasteiger partial charge in [0.2, 0.25) is 0 Å². The van der Waals surface area contributed by atoms with E-state index in [9.17, 15) is 4.79 Å². The first-order valence-corrected chi connectivity index (χ1v) is 9.83. The molecule has 0 bridgehead atoms. The van der Waals surface area contributed by atoms with Crippen LogP contribution in [0.15, 0.2) is 67.0 Å². The molecule has 3 nitrogen and oxygen atoms in total. The molecule has 4 aromatic rings. The van der Waals surface area contributed by atoms with Crippen LogP contribution in [0.4, 0.5) is 11.4 Å². The maximum Gasteiger partial charge on any atom is 0.194 e. The normalized spacial score (nSPS) is 10.9. The topological polar surface area (TPSA) is 42.0 Å². The fourth-order valence-corrected chi connectivity index (χ4v) is 3.77. The molecular formula is C25H21ClN2O. The molecule has 0 spiro atoms. The maximum absolute atomic E-state index is 13.1. The van der Waals surface area contributed by atoms with Crippen LogP contribution in [0, 0.1) is 20.8 Å². The van der Waals surface area contributed by atoms with Gasteiger partial charge in [0, 0.05) is 33.8 Å². The molecule has 0 saturated carbocycles. The Morgan fingerprint density at radius 3 is 2.41 bits per heavy atom. The molecule has 29 heavy (non-hydrogen) atoms. The number of carbonyl (C=O) groups excluding carboxylic acids is 1. The van der Waals surface area contributed by atoms with Gasteiger partial charge in [-0.25, -0.2) is 0 Å². The van der Waals surface area contributed by atoms with Crippen molar-refractivity contribution in [3.63, 3.8) is 0 Å². The Hall–Kier alpha value is -3.17. The van der Waals surface area contributed by atoms with Crippen LogP contribution in [-0.4, -0.2) is 10.8 Å². The van der Waals surface area contributed by atoms with Gasteiger partial charge in [-0.05, 0) is 61.7 Å². The number of fused-ring (bicyclic) bond motifs is 1. The summed E-state index contributed by atoms with van der Waals surface area (Å²) < 4.78 is 0. The maximum atomic E-state index is 13.1. The van der Waals surface area contributed by atoms with E-state index < -0.39 is 0 Å². The van der Waals surface area contributed by atoms with E-state index in [1.54, 1.807) is 18.3 Å². The number of aromatic nitrogens is 1. The zero-order valence-electron chi connectivity index (χ0n) is 16.6. The van der Waals surface area contributed by atoms with Crippen LogP contribution in [0.3, 0.4) is 0 Å². The largest absolute Gasteiger partial charge is 0.354 e.